The van der Waals surface area contributed by atoms with Crippen molar-refractivity contribution in [3.8, 4) is 11.5 Å². The number of aryl methyl sites for hydroxylation is 1. The van der Waals surface area contributed by atoms with Gasteiger partial charge in [-0.2, -0.15) is 0 Å². The number of carbonyl (C=O) groups excluding carboxylic acids is 1. The molecule has 0 aliphatic carbocycles. The minimum atomic E-state index is -3.55. The molecule has 10 heteroatoms. The lowest BCUT2D eigenvalue weighted by molar-refractivity contribution is -0.126. The van der Waals surface area contributed by atoms with Crippen LogP contribution in [0, 0.1) is 0 Å². The molecule has 0 N–H and O–H groups in total. The van der Waals surface area contributed by atoms with E-state index in [1.807, 2.05) is 12.1 Å². The SMILES string of the molecule is Cn1cnnc1S(=O)(=O)C1CCN(C(=O)/C=C/c2ccc3c(c2)OCO3)CC1. The van der Waals surface area contributed by atoms with E-state index in [1.54, 1.807) is 24.1 Å². The summed E-state index contributed by atoms with van der Waals surface area (Å²) in [6.45, 7) is 0.964. The molecule has 1 aromatic heterocycles. The van der Waals surface area contributed by atoms with Crippen LogP contribution in [0.3, 0.4) is 0 Å². The first kappa shape index (κ1) is 18.5. The lowest BCUT2D eigenvalue weighted by atomic mass is 10.1. The second kappa shape index (κ2) is 7.27. The number of sulfone groups is 1. The van der Waals surface area contributed by atoms with Gasteiger partial charge in [0.25, 0.3) is 0 Å². The number of carbonyl (C=O) groups is 1. The number of nitrogens with zero attached hydrogens (tertiary/aromatic N) is 4. The molecule has 0 bridgehead atoms. The molecule has 2 aromatic rings. The summed E-state index contributed by atoms with van der Waals surface area (Å²) >= 11 is 0. The zero-order chi connectivity index (χ0) is 19.7. The van der Waals surface area contributed by atoms with Gasteiger partial charge in [0.05, 0.1) is 5.25 Å². The highest BCUT2D eigenvalue weighted by molar-refractivity contribution is 7.91. The summed E-state index contributed by atoms with van der Waals surface area (Å²) in [6, 6.07) is 5.46. The minimum Gasteiger partial charge on any atom is -0.454 e. The number of aromatic nitrogens is 3. The quantitative estimate of drug-likeness (QED) is 0.701. The molecule has 1 aromatic carbocycles. The van der Waals surface area contributed by atoms with Gasteiger partial charge in [-0.3, -0.25) is 4.79 Å². The van der Waals surface area contributed by atoms with Crippen molar-refractivity contribution in [1.82, 2.24) is 19.7 Å². The number of hydrogen-bond donors (Lipinski definition) is 0. The lowest BCUT2D eigenvalue weighted by Crippen LogP contribution is -2.42. The number of piperidine rings is 1. The number of fused-ring (bicyclic) bond motifs is 1. The monoisotopic (exact) mass is 404 g/mol. The fourth-order valence-corrected chi connectivity index (χ4v) is 5.09. The van der Waals surface area contributed by atoms with E-state index in [2.05, 4.69) is 10.2 Å². The second-order valence-electron chi connectivity index (χ2n) is 6.74. The molecule has 3 heterocycles. The topological polar surface area (TPSA) is 104 Å². The predicted octanol–water partition coefficient (Wildman–Crippen LogP) is 1.02. The van der Waals surface area contributed by atoms with Crippen molar-refractivity contribution in [3.05, 3.63) is 36.2 Å². The Bertz CT molecular complexity index is 1020. The molecule has 1 amide bonds. The fourth-order valence-electron chi connectivity index (χ4n) is 3.36. The Morgan fingerprint density at radius 1 is 1.21 bits per heavy atom. The van der Waals surface area contributed by atoms with Crippen LogP contribution in [0.4, 0.5) is 0 Å². The first-order valence-electron chi connectivity index (χ1n) is 8.89. The lowest BCUT2D eigenvalue weighted by Gasteiger charge is -2.30. The Morgan fingerprint density at radius 2 is 1.96 bits per heavy atom. The van der Waals surface area contributed by atoms with E-state index in [0.717, 1.165) is 5.56 Å². The maximum absolute atomic E-state index is 12.7. The van der Waals surface area contributed by atoms with E-state index in [-0.39, 0.29) is 17.9 Å². The molecule has 2 aliphatic rings. The molecule has 0 radical (unpaired) electrons. The third kappa shape index (κ3) is 3.47. The average molecular weight is 404 g/mol. The van der Waals surface area contributed by atoms with Gasteiger partial charge in [0, 0.05) is 26.2 Å². The molecule has 0 saturated carbocycles. The molecule has 148 valence electrons. The highest BCUT2D eigenvalue weighted by Crippen LogP contribution is 2.32. The van der Waals surface area contributed by atoms with Gasteiger partial charge in [0.2, 0.25) is 27.7 Å². The number of benzene rings is 1. The van der Waals surface area contributed by atoms with E-state index in [4.69, 9.17) is 9.47 Å². The zero-order valence-corrected chi connectivity index (χ0v) is 16.1. The van der Waals surface area contributed by atoms with Crippen LogP contribution in [-0.2, 0) is 21.7 Å². The summed E-state index contributed by atoms with van der Waals surface area (Å²) < 4.78 is 37.4. The third-order valence-corrected chi connectivity index (χ3v) is 7.16. The maximum atomic E-state index is 12.7. The molecule has 4 rings (SSSR count). The standard InChI is InChI=1S/C18H20N4O5S/c1-21-11-19-20-18(21)28(24,25)14-6-8-22(9-7-14)17(23)5-3-13-2-4-15-16(10-13)27-12-26-15/h2-5,10-11,14H,6-9,12H2,1H3/b5-3+. The Balaban J connectivity index is 1.37. The van der Waals surface area contributed by atoms with Crippen molar-refractivity contribution >= 4 is 21.8 Å². The molecule has 0 unspecified atom stereocenters. The molecule has 9 nitrogen and oxygen atoms in total. The van der Waals surface area contributed by atoms with Crippen molar-refractivity contribution in [3.63, 3.8) is 0 Å². The molecule has 0 atom stereocenters. The summed E-state index contributed by atoms with van der Waals surface area (Å²) in [7, 11) is -1.95. The van der Waals surface area contributed by atoms with Gasteiger partial charge in [0.1, 0.15) is 6.33 Å². The van der Waals surface area contributed by atoms with Crippen molar-refractivity contribution in [2.75, 3.05) is 19.9 Å². The predicted molar refractivity (Wildman–Crippen MR) is 99.4 cm³/mol. The van der Waals surface area contributed by atoms with Gasteiger partial charge in [0.15, 0.2) is 11.5 Å². The van der Waals surface area contributed by atoms with Gasteiger partial charge in [-0.1, -0.05) is 6.07 Å². The summed E-state index contributed by atoms with van der Waals surface area (Å²) in [5.74, 6) is 1.20. The molecular weight excluding hydrogens is 384 g/mol. The van der Waals surface area contributed by atoms with Crippen molar-refractivity contribution in [2.24, 2.45) is 7.05 Å². The van der Waals surface area contributed by atoms with Crippen LogP contribution >= 0.6 is 0 Å². The highest BCUT2D eigenvalue weighted by Gasteiger charge is 2.35. The summed E-state index contributed by atoms with van der Waals surface area (Å²) in [5, 5.41) is 6.78. The average Bonchev–Trinajstić information content (AvgIpc) is 3.34. The summed E-state index contributed by atoms with van der Waals surface area (Å²) in [6.07, 6.45) is 5.33. The van der Waals surface area contributed by atoms with Crippen LogP contribution in [0.2, 0.25) is 0 Å². The van der Waals surface area contributed by atoms with Gasteiger partial charge in [-0.15, -0.1) is 10.2 Å². The molecule has 1 fully saturated rings. The Labute approximate surface area is 162 Å². The first-order chi connectivity index (χ1) is 13.4. The number of likely N-dealkylation sites (tertiary alicyclic amines) is 1. The third-order valence-electron chi connectivity index (χ3n) is 4.93. The van der Waals surface area contributed by atoms with E-state index in [1.165, 1.54) is 17.0 Å². The number of amides is 1. The van der Waals surface area contributed by atoms with E-state index < -0.39 is 15.1 Å². The largest absolute Gasteiger partial charge is 0.454 e. The summed E-state index contributed by atoms with van der Waals surface area (Å²) in [5.41, 5.74) is 0.831. The molecule has 28 heavy (non-hydrogen) atoms. The molecule has 2 aliphatic heterocycles. The van der Waals surface area contributed by atoms with Crippen molar-refractivity contribution in [2.45, 2.75) is 23.2 Å². The number of rotatable bonds is 4. The highest BCUT2D eigenvalue weighted by atomic mass is 32.2. The van der Waals surface area contributed by atoms with Crippen molar-refractivity contribution < 1.29 is 22.7 Å². The van der Waals surface area contributed by atoms with Crippen LogP contribution in [0.5, 0.6) is 11.5 Å². The van der Waals surface area contributed by atoms with Crippen LogP contribution in [-0.4, -0.2) is 59.1 Å². The van der Waals surface area contributed by atoms with Gasteiger partial charge in [-0.25, -0.2) is 8.42 Å². The normalized spacial score (nSPS) is 17.4. The Kier molecular flexibility index (Phi) is 4.80. The van der Waals surface area contributed by atoms with Gasteiger partial charge < -0.3 is 18.9 Å². The molecule has 1 saturated heterocycles. The van der Waals surface area contributed by atoms with Gasteiger partial charge in [-0.05, 0) is 36.6 Å². The fraction of sp³-hybridized carbons (Fsp3) is 0.389. The van der Waals surface area contributed by atoms with E-state index >= 15 is 0 Å². The number of hydrogen-bond acceptors (Lipinski definition) is 7. The minimum absolute atomic E-state index is 0.0278. The van der Waals surface area contributed by atoms with E-state index in [9.17, 15) is 13.2 Å². The van der Waals surface area contributed by atoms with Crippen LogP contribution in [0.15, 0.2) is 35.8 Å². The van der Waals surface area contributed by atoms with Crippen molar-refractivity contribution in [1.29, 1.82) is 0 Å². The van der Waals surface area contributed by atoms with Gasteiger partial charge >= 0.3 is 0 Å². The Morgan fingerprint density at radius 3 is 2.68 bits per heavy atom. The summed E-state index contributed by atoms with van der Waals surface area (Å²) in [4.78, 5) is 14.1. The van der Waals surface area contributed by atoms with Crippen LogP contribution in [0.1, 0.15) is 18.4 Å². The second-order valence-corrected chi connectivity index (χ2v) is 8.86. The molecular formula is C18H20N4O5S. The maximum Gasteiger partial charge on any atom is 0.249 e. The Hall–Kier alpha value is -2.88. The van der Waals surface area contributed by atoms with Crippen LogP contribution in [0.25, 0.3) is 6.08 Å². The first-order valence-corrected chi connectivity index (χ1v) is 10.4. The smallest absolute Gasteiger partial charge is 0.249 e. The zero-order valence-electron chi connectivity index (χ0n) is 15.3. The molecule has 0 spiro atoms. The van der Waals surface area contributed by atoms with Crippen LogP contribution < -0.4 is 9.47 Å². The van der Waals surface area contributed by atoms with E-state index in [0.29, 0.717) is 37.4 Å². The number of ether oxygens (including phenoxy) is 2.